The summed E-state index contributed by atoms with van der Waals surface area (Å²) in [5, 5.41) is 20.7. The van der Waals surface area contributed by atoms with Crippen LogP contribution in [0.2, 0.25) is 5.02 Å². The number of ether oxygens (including phenoxy) is 2. The van der Waals surface area contributed by atoms with E-state index < -0.39 is 29.5 Å². The van der Waals surface area contributed by atoms with Crippen LogP contribution in [0.3, 0.4) is 0 Å². The number of carboxylic acid groups (broad SMARTS) is 1. The van der Waals surface area contributed by atoms with E-state index in [9.17, 15) is 24.6 Å². The van der Waals surface area contributed by atoms with Crippen LogP contribution in [-0.4, -0.2) is 46.5 Å². The lowest BCUT2D eigenvalue weighted by atomic mass is 9.95. The van der Waals surface area contributed by atoms with Crippen molar-refractivity contribution >= 4 is 35.0 Å². The highest BCUT2D eigenvalue weighted by atomic mass is 35.5. The molecule has 2 N–H and O–H groups in total. The van der Waals surface area contributed by atoms with Gasteiger partial charge in [-0.1, -0.05) is 35.9 Å². The second kappa shape index (κ2) is 10.8. The molecule has 4 rings (SSSR count). The number of aliphatic hydroxyl groups is 1. The first-order chi connectivity index (χ1) is 17.7. The maximum atomic E-state index is 13.3. The average molecular weight is 522 g/mol. The predicted octanol–water partition coefficient (Wildman–Crippen LogP) is 5.07. The molecule has 0 aliphatic carbocycles. The number of carbonyl (C=O) groups excluding carboxylic acids is 2. The maximum Gasteiger partial charge on any atom is 0.335 e. The zero-order chi connectivity index (χ0) is 26.7. The lowest BCUT2D eigenvalue weighted by Gasteiger charge is -2.26. The third-order valence-corrected chi connectivity index (χ3v) is 6.34. The Balaban J connectivity index is 1.86. The van der Waals surface area contributed by atoms with Crippen LogP contribution >= 0.6 is 11.6 Å². The summed E-state index contributed by atoms with van der Waals surface area (Å²) in [5.74, 6) is -2.24. The summed E-state index contributed by atoms with van der Waals surface area (Å²) < 4.78 is 10.9. The molecule has 0 saturated carbocycles. The van der Waals surface area contributed by atoms with E-state index in [1.165, 1.54) is 30.2 Å². The van der Waals surface area contributed by atoms with Gasteiger partial charge in [0.1, 0.15) is 17.3 Å². The lowest BCUT2D eigenvalue weighted by molar-refractivity contribution is -0.140. The fraction of sp³-hybridized carbons (Fsp3) is 0.179. The standard InChI is InChI=1S/C28H24ClNO7/c1-3-37-20-11-12-22(29)21(14-20)25(31)23-24(18-5-4-6-19(13-18)36-2)30(27(33)26(23)32)15-16-7-9-17(10-8-16)28(34)35/h4-14,24,31H,3,15H2,1-2H3,(H,34,35)/b25-23+. The van der Waals surface area contributed by atoms with Crippen molar-refractivity contribution in [1.29, 1.82) is 0 Å². The Morgan fingerprint density at radius 3 is 2.38 bits per heavy atom. The van der Waals surface area contributed by atoms with Gasteiger partial charge in [0.05, 0.1) is 35.9 Å². The molecule has 190 valence electrons. The number of aliphatic hydroxyl groups excluding tert-OH is 1. The van der Waals surface area contributed by atoms with Crippen molar-refractivity contribution in [1.82, 2.24) is 4.90 Å². The Bertz CT molecular complexity index is 1400. The van der Waals surface area contributed by atoms with Crippen LogP contribution in [0, 0.1) is 0 Å². The van der Waals surface area contributed by atoms with Gasteiger partial charge in [0.15, 0.2) is 0 Å². The number of hydrogen-bond acceptors (Lipinski definition) is 6. The summed E-state index contributed by atoms with van der Waals surface area (Å²) in [6, 6.07) is 16.6. The molecular formula is C28H24ClNO7. The Morgan fingerprint density at radius 2 is 1.73 bits per heavy atom. The van der Waals surface area contributed by atoms with E-state index >= 15 is 0 Å². The molecule has 0 spiro atoms. The number of aromatic carboxylic acids is 1. The highest BCUT2D eigenvalue weighted by Gasteiger charge is 2.46. The van der Waals surface area contributed by atoms with Crippen molar-refractivity contribution < 1.29 is 34.1 Å². The topological polar surface area (TPSA) is 113 Å². The summed E-state index contributed by atoms with van der Waals surface area (Å²) in [6.07, 6.45) is 0. The van der Waals surface area contributed by atoms with Crippen molar-refractivity contribution in [3.05, 3.63) is 99.6 Å². The number of carboxylic acids is 1. The van der Waals surface area contributed by atoms with Crippen LogP contribution in [0.4, 0.5) is 0 Å². The second-order valence-corrected chi connectivity index (χ2v) is 8.69. The van der Waals surface area contributed by atoms with Gasteiger partial charge in [0, 0.05) is 12.1 Å². The van der Waals surface area contributed by atoms with Crippen molar-refractivity contribution in [3.8, 4) is 11.5 Å². The van der Waals surface area contributed by atoms with Gasteiger partial charge in [-0.2, -0.15) is 0 Å². The number of rotatable bonds is 8. The van der Waals surface area contributed by atoms with E-state index in [-0.39, 0.29) is 28.3 Å². The molecule has 1 fully saturated rings. The fourth-order valence-corrected chi connectivity index (χ4v) is 4.45. The van der Waals surface area contributed by atoms with Crippen LogP contribution in [0.25, 0.3) is 5.76 Å². The Kier molecular flexibility index (Phi) is 7.50. The number of methoxy groups -OCH3 is 1. The smallest absolute Gasteiger partial charge is 0.335 e. The molecule has 9 heteroatoms. The molecule has 8 nitrogen and oxygen atoms in total. The van der Waals surface area contributed by atoms with Crippen molar-refractivity contribution in [3.63, 3.8) is 0 Å². The fourth-order valence-electron chi connectivity index (χ4n) is 4.24. The molecule has 1 saturated heterocycles. The molecule has 1 aliphatic rings. The first kappa shape index (κ1) is 25.8. The molecule has 3 aromatic carbocycles. The number of likely N-dealkylation sites (tertiary alicyclic amines) is 1. The molecule has 1 amide bonds. The number of amides is 1. The SMILES string of the molecule is CCOc1ccc(Cl)c(/C(O)=C2\C(=O)C(=O)N(Cc3ccc(C(=O)O)cc3)C2c2cccc(OC)c2)c1. The summed E-state index contributed by atoms with van der Waals surface area (Å²) in [6.45, 7) is 2.19. The second-order valence-electron chi connectivity index (χ2n) is 8.28. The van der Waals surface area contributed by atoms with E-state index in [1.807, 2.05) is 6.92 Å². The number of halogens is 1. The first-order valence-corrected chi connectivity index (χ1v) is 11.8. The highest BCUT2D eigenvalue weighted by molar-refractivity contribution is 6.47. The zero-order valence-electron chi connectivity index (χ0n) is 20.1. The quantitative estimate of drug-likeness (QED) is 0.242. The van der Waals surface area contributed by atoms with Gasteiger partial charge in [-0.25, -0.2) is 4.79 Å². The van der Waals surface area contributed by atoms with E-state index in [0.29, 0.717) is 29.2 Å². The molecule has 3 aromatic rings. The van der Waals surface area contributed by atoms with Crippen molar-refractivity contribution in [2.75, 3.05) is 13.7 Å². The van der Waals surface area contributed by atoms with Crippen molar-refractivity contribution in [2.45, 2.75) is 19.5 Å². The summed E-state index contributed by atoms with van der Waals surface area (Å²) in [5.41, 5.74) is 1.27. The Morgan fingerprint density at radius 1 is 1.00 bits per heavy atom. The zero-order valence-corrected chi connectivity index (χ0v) is 20.9. The van der Waals surface area contributed by atoms with Gasteiger partial charge in [-0.15, -0.1) is 0 Å². The largest absolute Gasteiger partial charge is 0.507 e. The van der Waals surface area contributed by atoms with Crippen LogP contribution in [0.1, 0.15) is 40.0 Å². The highest BCUT2D eigenvalue weighted by Crippen LogP contribution is 2.42. The number of ketones is 1. The van der Waals surface area contributed by atoms with Gasteiger partial charge < -0.3 is 24.6 Å². The molecule has 1 unspecified atom stereocenters. The molecule has 37 heavy (non-hydrogen) atoms. The van der Waals surface area contributed by atoms with Crippen LogP contribution in [0.5, 0.6) is 11.5 Å². The monoisotopic (exact) mass is 521 g/mol. The molecule has 0 bridgehead atoms. The molecule has 1 aliphatic heterocycles. The van der Waals surface area contributed by atoms with Crippen LogP contribution < -0.4 is 9.47 Å². The summed E-state index contributed by atoms with van der Waals surface area (Å²) in [4.78, 5) is 39.2. The van der Waals surface area contributed by atoms with Gasteiger partial charge in [0.2, 0.25) is 0 Å². The van der Waals surface area contributed by atoms with Gasteiger partial charge in [-0.3, -0.25) is 9.59 Å². The van der Waals surface area contributed by atoms with Crippen LogP contribution in [0.15, 0.2) is 72.3 Å². The molecule has 1 heterocycles. The minimum Gasteiger partial charge on any atom is -0.507 e. The Hall–Kier alpha value is -4.30. The third-order valence-electron chi connectivity index (χ3n) is 6.01. The van der Waals surface area contributed by atoms with E-state index in [2.05, 4.69) is 0 Å². The van der Waals surface area contributed by atoms with Gasteiger partial charge in [-0.05, 0) is 60.5 Å². The van der Waals surface area contributed by atoms with Crippen molar-refractivity contribution in [2.24, 2.45) is 0 Å². The van der Waals surface area contributed by atoms with Gasteiger partial charge >= 0.3 is 5.97 Å². The first-order valence-electron chi connectivity index (χ1n) is 11.4. The molecular weight excluding hydrogens is 498 g/mol. The van der Waals surface area contributed by atoms with E-state index in [1.54, 1.807) is 48.5 Å². The van der Waals surface area contributed by atoms with E-state index in [4.69, 9.17) is 21.1 Å². The molecule has 1 atom stereocenters. The molecule has 0 radical (unpaired) electrons. The number of benzene rings is 3. The summed E-state index contributed by atoms with van der Waals surface area (Å²) >= 11 is 6.37. The number of hydrogen-bond donors (Lipinski definition) is 2. The van der Waals surface area contributed by atoms with E-state index in [0.717, 1.165) is 0 Å². The average Bonchev–Trinajstić information content (AvgIpc) is 3.14. The normalized spacial score (nSPS) is 16.6. The number of carbonyl (C=O) groups is 3. The van der Waals surface area contributed by atoms with Gasteiger partial charge in [0.25, 0.3) is 11.7 Å². The predicted molar refractivity (Wildman–Crippen MR) is 137 cm³/mol. The van der Waals surface area contributed by atoms with Crippen LogP contribution in [-0.2, 0) is 16.1 Å². The maximum absolute atomic E-state index is 13.3. The lowest BCUT2D eigenvalue weighted by Crippen LogP contribution is -2.29. The number of Topliss-reactive ketones (excluding diaryl/α,β-unsaturated/α-hetero) is 1. The number of nitrogens with zero attached hydrogens (tertiary/aromatic N) is 1. The Labute approximate surface area is 218 Å². The molecule has 0 aromatic heterocycles. The summed E-state index contributed by atoms with van der Waals surface area (Å²) in [7, 11) is 1.50. The minimum atomic E-state index is -1.07. The third kappa shape index (κ3) is 5.15. The minimum absolute atomic E-state index is 0.00412.